The first-order chi connectivity index (χ1) is 9.28. The van der Waals surface area contributed by atoms with Crippen LogP contribution in [0.3, 0.4) is 0 Å². The highest BCUT2D eigenvalue weighted by Gasteiger charge is 2.15. The van der Waals surface area contributed by atoms with Crippen LogP contribution in [-0.4, -0.2) is 30.5 Å². The Morgan fingerprint density at radius 2 is 2.00 bits per heavy atom. The Hall–Kier alpha value is -1.66. The van der Waals surface area contributed by atoms with Crippen LogP contribution >= 0.6 is 11.3 Å². The van der Waals surface area contributed by atoms with Gasteiger partial charge in [0.1, 0.15) is 23.2 Å². The molecular formula is C13H15N3O2S. The van der Waals surface area contributed by atoms with Gasteiger partial charge in [0, 0.05) is 5.56 Å². The molecule has 6 heteroatoms. The number of hydrogen-bond acceptors (Lipinski definition) is 6. The van der Waals surface area contributed by atoms with Gasteiger partial charge in [0.15, 0.2) is 11.5 Å². The maximum atomic E-state index is 5.58. The van der Waals surface area contributed by atoms with Crippen molar-refractivity contribution in [3.63, 3.8) is 0 Å². The number of rotatable bonds is 3. The van der Waals surface area contributed by atoms with Crippen LogP contribution in [-0.2, 0) is 0 Å². The predicted molar refractivity (Wildman–Crippen MR) is 73.8 cm³/mol. The zero-order valence-electron chi connectivity index (χ0n) is 10.8. The second-order valence-electron chi connectivity index (χ2n) is 4.31. The molecule has 0 radical (unpaired) electrons. The van der Waals surface area contributed by atoms with E-state index in [1.165, 1.54) is 0 Å². The molecule has 19 heavy (non-hydrogen) atoms. The average molecular weight is 277 g/mol. The standard InChI is InChI=1S/C13H15N3O2S/c1-8(14-2)12-15-16-13(19-12)9-3-4-10-11(7-9)18-6-5-17-10/h3-4,7-8,14H,5-6H2,1-2H3. The fourth-order valence-electron chi connectivity index (χ4n) is 1.83. The van der Waals surface area contributed by atoms with Gasteiger partial charge in [-0.3, -0.25) is 0 Å². The Bertz CT molecular complexity index is 585. The lowest BCUT2D eigenvalue weighted by Gasteiger charge is -2.18. The second kappa shape index (κ2) is 5.14. The molecule has 1 atom stereocenters. The monoisotopic (exact) mass is 277 g/mol. The van der Waals surface area contributed by atoms with Crippen LogP contribution in [0.25, 0.3) is 10.6 Å². The third-order valence-electron chi connectivity index (χ3n) is 3.03. The molecule has 0 amide bonds. The van der Waals surface area contributed by atoms with Crippen LogP contribution in [0.1, 0.15) is 18.0 Å². The number of ether oxygens (including phenoxy) is 2. The fraction of sp³-hybridized carbons (Fsp3) is 0.385. The van der Waals surface area contributed by atoms with Gasteiger partial charge in [-0.15, -0.1) is 10.2 Å². The van der Waals surface area contributed by atoms with Gasteiger partial charge in [-0.2, -0.15) is 0 Å². The largest absolute Gasteiger partial charge is 0.486 e. The minimum absolute atomic E-state index is 0.212. The molecule has 0 bridgehead atoms. The van der Waals surface area contributed by atoms with Crippen LogP contribution in [0, 0.1) is 0 Å². The van der Waals surface area contributed by atoms with Gasteiger partial charge in [0.25, 0.3) is 0 Å². The van der Waals surface area contributed by atoms with Crippen LogP contribution < -0.4 is 14.8 Å². The normalized spacial score (nSPS) is 15.3. The summed E-state index contributed by atoms with van der Waals surface area (Å²) in [5.41, 5.74) is 1.01. The van der Waals surface area contributed by atoms with Gasteiger partial charge in [-0.1, -0.05) is 11.3 Å². The smallest absolute Gasteiger partial charge is 0.162 e. The quantitative estimate of drug-likeness (QED) is 0.932. The Kier molecular flexibility index (Phi) is 3.35. The van der Waals surface area contributed by atoms with E-state index in [-0.39, 0.29) is 6.04 Å². The van der Waals surface area contributed by atoms with Crippen LogP contribution in [0.5, 0.6) is 11.5 Å². The summed E-state index contributed by atoms with van der Waals surface area (Å²) in [6.45, 7) is 3.26. The second-order valence-corrected chi connectivity index (χ2v) is 5.32. The molecule has 5 nitrogen and oxygen atoms in total. The van der Waals surface area contributed by atoms with Crippen LogP contribution in [0.2, 0.25) is 0 Å². The molecule has 3 rings (SSSR count). The summed E-state index contributed by atoms with van der Waals surface area (Å²) in [4.78, 5) is 0. The van der Waals surface area contributed by atoms with Crippen LogP contribution in [0.15, 0.2) is 18.2 Å². The van der Waals surface area contributed by atoms with E-state index in [1.807, 2.05) is 25.2 Å². The Morgan fingerprint density at radius 3 is 2.79 bits per heavy atom. The van der Waals surface area contributed by atoms with Crippen LogP contribution in [0.4, 0.5) is 0 Å². The Balaban J connectivity index is 1.91. The molecule has 1 aliphatic heterocycles. The molecule has 0 saturated carbocycles. The van der Waals surface area contributed by atoms with Crippen molar-refractivity contribution >= 4 is 11.3 Å². The maximum Gasteiger partial charge on any atom is 0.162 e. The van der Waals surface area contributed by atoms with Gasteiger partial charge < -0.3 is 14.8 Å². The minimum atomic E-state index is 0.212. The fourth-order valence-corrected chi connectivity index (χ4v) is 2.73. The van der Waals surface area contributed by atoms with Gasteiger partial charge >= 0.3 is 0 Å². The highest BCUT2D eigenvalue weighted by Crippen LogP contribution is 2.35. The number of benzene rings is 1. The third kappa shape index (κ3) is 2.41. The first-order valence-corrected chi connectivity index (χ1v) is 7.00. The number of nitrogens with zero attached hydrogens (tertiary/aromatic N) is 2. The predicted octanol–water partition coefficient (Wildman–Crippen LogP) is 2.26. The van der Waals surface area contributed by atoms with Crippen molar-refractivity contribution in [2.75, 3.05) is 20.3 Å². The topological polar surface area (TPSA) is 56.3 Å². The van der Waals surface area contributed by atoms with Crippen molar-refractivity contribution in [1.29, 1.82) is 0 Å². The number of nitrogens with one attached hydrogen (secondary N) is 1. The molecule has 0 spiro atoms. The van der Waals surface area contributed by atoms with E-state index in [0.29, 0.717) is 13.2 Å². The zero-order chi connectivity index (χ0) is 13.2. The molecule has 1 aromatic heterocycles. The first-order valence-electron chi connectivity index (χ1n) is 6.18. The van der Waals surface area contributed by atoms with E-state index in [2.05, 4.69) is 22.4 Å². The minimum Gasteiger partial charge on any atom is -0.486 e. The SMILES string of the molecule is CNC(C)c1nnc(-c2ccc3c(c2)OCCO3)s1. The Labute approximate surface area is 115 Å². The molecule has 2 heterocycles. The summed E-state index contributed by atoms with van der Waals surface area (Å²) >= 11 is 1.59. The summed E-state index contributed by atoms with van der Waals surface area (Å²) in [5, 5.41) is 13.5. The van der Waals surface area contributed by atoms with E-state index in [0.717, 1.165) is 27.1 Å². The van der Waals surface area contributed by atoms with E-state index >= 15 is 0 Å². The van der Waals surface area contributed by atoms with Gasteiger partial charge in [-0.05, 0) is 32.2 Å². The molecule has 1 aliphatic rings. The molecule has 0 fully saturated rings. The van der Waals surface area contributed by atoms with Gasteiger partial charge in [0.05, 0.1) is 6.04 Å². The zero-order valence-corrected chi connectivity index (χ0v) is 11.7. The van der Waals surface area contributed by atoms with Crippen molar-refractivity contribution in [2.45, 2.75) is 13.0 Å². The molecule has 0 saturated heterocycles. The first kappa shape index (κ1) is 12.4. The van der Waals surface area contributed by atoms with Gasteiger partial charge in [0.2, 0.25) is 0 Å². The number of fused-ring (bicyclic) bond motifs is 1. The maximum absolute atomic E-state index is 5.58. The Morgan fingerprint density at radius 1 is 1.21 bits per heavy atom. The molecule has 1 unspecified atom stereocenters. The van der Waals surface area contributed by atoms with E-state index in [4.69, 9.17) is 9.47 Å². The lowest BCUT2D eigenvalue weighted by Crippen LogP contribution is -2.15. The van der Waals surface area contributed by atoms with Crippen molar-refractivity contribution in [3.05, 3.63) is 23.2 Å². The third-order valence-corrected chi connectivity index (χ3v) is 4.19. The lowest BCUT2D eigenvalue weighted by atomic mass is 10.2. The summed E-state index contributed by atoms with van der Waals surface area (Å²) in [6, 6.07) is 6.08. The van der Waals surface area contributed by atoms with E-state index < -0.39 is 0 Å². The summed E-state index contributed by atoms with van der Waals surface area (Å²) in [5.74, 6) is 1.57. The number of aromatic nitrogens is 2. The van der Waals surface area contributed by atoms with Gasteiger partial charge in [-0.25, -0.2) is 0 Å². The highest BCUT2D eigenvalue weighted by atomic mass is 32.1. The summed E-state index contributed by atoms with van der Waals surface area (Å²) in [6.07, 6.45) is 0. The van der Waals surface area contributed by atoms with E-state index in [9.17, 15) is 0 Å². The molecule has 1 N–H and O–H groups in total. The molecular weight excluding hydrogens is 262 g/mol. The van der Waals surface area contributed by atoms with E-state index in [1.54, 1.807) is 11.3 Å². The average Bonchev–Trinajstić information content (AvgIpc) is 2.95. The lowest BCUT2D eigenvalue weighted by molar-refractivity contribution is 0.171. The van der Waals surface area contributed by atoms with Crippen molar-refractivity contribution in [3.8, 4) is 22.1 Å². The molecule has 0 aliphatic carbocycles. The summed E-state index contributed by atoms with van der Waals surface area (Å²) < 4.78 is 11.1. The number of hydrogen-bond donors (Lipinski definition) is 1. The summed E-state index contributed by atoms with van der Waals surface area (Å²) in [7, 11) is 1.91. The molecule has 2 aromatic rings. The van der Waals surface area contributed by atoms with Crippen molar-refractivity contribution in [2.24, 2.45) is 0 Å². The highest BCUT2D eigenvalue weighted by molar-refractivity contribution is 7.14. The van der Waals surface area contributed by atoms with Crippen molar-refractivity contribution < 1.29 is 9.47 Å². The molecule has 100 valence electrons. The van der Waals surface area contributed by atoms with Crippen molar-refractivity contribution in [1.82, 2.24) is 15.5 Å². The molecule has 1 aromatic carbocycles.